The normalized spacial score (nSPS) is 17.6. The van der Waals surface area contributed by atoms with Crippen molar-refractivity contribution >= 4 is 41.4 Å². The average molecular weight is 485 g/mol. The fraction of sp³-hybridized carbons (Fsp3) is 0.185. The summed E-state index contributed by atoms with van der Waals surface area (Å²) in [4.78, 5) is 53.7. The molecule has 184 valence electrons. The van der Waals surface area contributed by atoms with E-state index in [0.717, 1.165) is 4.90 Å². The lowest BCUT2D eigenvalue weighted by atomic mass is 10.1. The van der Waals surface area contributed by atoms with Gasteiger partial charge in [-0.05, 0) is 36.4 Å². The minimum Gasteiger partial charge on any atom is -0.369 e. The highest BCUT2D eigenvalue weighted by Crippen LogP contribution is 2.42. The molecule has 3 aromatic rings. The van der Waals surface area contributed by atoms with Crippen LogP contribution in [0.4, 0.5) is 26.7 Å². The summed E-state index contributed by atoms with van der Waals surface area (Å²) in [5, 5.41) is 0. The molecule has 0 N–H and O–H groups in total. The smallest absolute Gasteiger partial charge is 0.339 e. The van der Waals surface area contributed by atoms with Gasteiger partial charge in [-0.2, -0.15) is 0 Å². The molecular weight excluding hydrogens is 456 g/mol. The molecule has 0 radical (unpaired) electrons. The molecule has 1 fully saturated rings. The summed E-state index contributed by atoms with van der Waals surface area (Å²) in [6.45, 7) is 0. The first kappa shape index (κ1) is 24.5. The van der Waals surface area contributed by atoms with E-state index >= 15 is 0 Å². The maximum Gasteiger partial charge on any atom is 0.339 e. The topological polar surface area (TPSA) is 79.8 Å². The van der Waals surface area contributed by atoms with Crippen LogP contribution in [0.25, 0.3) is 0 Å². The van der Waals surface area contributed by atoms with Gasteiger partial charge in [0.15, 0.2) is 0 Å². The second-order valence-electron chi connectivity index (χ2n) is 8.62. The first-order valence-electron chi connectivity index (χ1n) is 11.4. The molecule has 3 aromatic carbocycles. The van der Waals surface area contributed by atoms with Gasteiger partial charge in [0.05, 0.1) is 23.4 Å². The Morgan fingerprint density at radius 2 is 1.28 bits per heavy atom. The largest absolute Gasteiger partial charge is 0.369 e. The highest BCUT2D eigenvalue weighted by molar-refractivity contribution is 6.32. The Hall–Kier alpha value is -4.66. The van der Waals surface area contributed by atoms with E-state index in [1.54, 1.807) is 112 Å². The molecule has 4 rings (SSSR count). The van der Waals surface area contributed by atoms with Crippen LogP contribution in [0.3, 0.4) is 0 Å². The van der Waals surface area contributed by atoms with Crippen molar-refractivity contribution < 1.29 is 14.4 Å². The van der Waals surface area contributed by atoms with Crippen molar-refractivity contribution in [2.24, 2.45) is 4.99 Å². The van der Waals surface area contributed by atoms with Crippen molar-refractivity contribution in [1.29, 1.82) is 0 Å². The monoisotopic (exact) mass is 484 g/mol. The molecule has 0 aliphatic carbocycles. The number of rotatable bonds is 6. The van der Waals surface area contributed by atoms with Crippen LogP contribution in [0.15, 0.2) is 96.0 Å². The maximum atomic E-state index is 14.5. The van der Waals surface area contributed by atoms with E-state index in [-0.39, 0.29) is 0 Å². The van der Waals surface area contributed by atoms with Gasteiger partial charge in [-0.25, -0.2) is 29.3 Å². The lowest BCUT2D eigenvalue weighted by molar-refractivity contribution is -0.121. The summed E-state index contributed by atoms with van der Waals surface area (Å²) in [6, 6.07) is 25.0. The third-order valence-electron chi connectivity index (χ3n) is 5.58. The zero-order valence-electron chi connectivity index (χ0n) is 20.6. The van der Waals surface area contributed by atoms with Crippen LogP contribution in [0, 0.1) is 0 Å². The van der Waals surface area contributed by atoms with Crippen LogP contribution in [0.1, 0.15) is 0 Å². The van der Waals surface area contributed by atoms with Crippen molar-refractivity contribution in [1.82, 2.24) is 9.80 Å². The van der Waals surface area contributed by atoms with E-state index in [4.69, 9.17) is 4.99 Å². The van der Waals surface area contributed by atoms with Crippen molar-refractivity contribution in [3.63, 3.8) is 0 Å². The van der Waals surface area contributed by atoms with E-state index in [1.807, 2.05) is 12.1 Å². The Balaban J connectivity index is 2.09. The Kier molecular flexibility index (Phi) is 6.73. The number of carbonyl (C=O) groups is 3. The molecule has 0 spiro atoms. The van der Waals surface area contributed by atoms with Crippen LogP contribution in [0.2, 0.25) is 0 Å². The van der Waals surface area contributed by atoms with E-state index < -0.39 is 23.8 Å². The van der Waals surface area contributed by atoms with Gasteiger partial charge in [0.1, 0.15) is 0 Å². The zero-order chi connectivity index (χ0) is 25.9. The number of para-hydroxylation sites is 3. The number of aliphatic imine (C=N–C) groups is 1. The summed E-state index contributed by atoms with van der Waals surface area (Å²) in [5.41, 5.74) is 1.20. The summed E-state index contributed by atoms with van der Waals surface area (Å²) in [6.07, 6.45) is 1.44. The van der Waals surface area contributed by atoms with Crippen molar-refractivity contribution in [2.75, 3.05) is 42.9 Å². The fourth-order valence-electron chi connectivity index (χ4n) is 4.00. The number of imide groups is 1. The number of nitrogens with zero attached hydrogens (tertiary/aromatic N) is 6. The van der Waals surface area contributed by atoms with Gasteiger partial charge in [0.2, 0.25) is 0 Å². The minimum atomic E-state index is -2.08. The lowest BCUT2D eigenvalue weighted by Crippen LogP contribution is -2.65. The Labute approximate surface area is 210 Å². The Morgan fingerprint density at radius 3 is 1.78 bits per heavy atom. The molecule has 1 atom stereocenters. The van der Waals surface area contributed by atoms with Gasteiger partial charge in [0.25, 0.3) is 0 Å². The van der Waals surface area contributed by atoms with Crippen molar-refractivity contribution in [3.8, 4) is 0 Å². The van der Waals surface area contributed by atoms with E-state index in [0.29, 0.717) is 17.1 Å². The summed E-state index contributed by atoms with van der Waals surface area (Å²) in [7, 11) is 6.68. The number of hydrogen-bond donors (Lipinski definition) is 0. The van der Waals surface area contributed by atoms with Gasteiger partial charge in [0, 0.05) is 28.2 Å². The van der Waals surface area contributed by atoms with E-state index in [1.165, 1.54) is 21.0 Å². The lowest BCUT2D eigenvalue weighted by Gasteiger charge is -2.41. The second kappa shape index (κ2) is 9.91. The first-order chi connectivity index (χ1) is 17.3. The predicted octanol–water partition coefficient (Wildman–Crippen LogP) is 4.09. The summed E-state index contributed by atoms with van der Waals surface area (Å²) < 4.78 is 0. The van der Waals surface area contributed by atoms with Crippen LogP contribution >= 0.6 is 0 Å². The average Bonchev–Trinajstić information content (AvgIpc) is 3.10. The number of carbonyl (C=O) groups excluding carboxylic acids is 3. The Bertz CT molecular complexity index is 1260. The quantitative estimate of drug-likeness (QED) is 0.300. The Morgan fingerprint density at radius 1 is 0.778 bits per heavy atom. The van der Waals surface area contributed by atoms with Crippen molar-refractivity contribution in [3.05, 3.63) is 91.0 Å². The third kappa shape index (κ3) is 4.15. The predicted molar refractivity (Wildman–Crippen MR) is 141 cm³/mol. The molecule has 0 aromatic heterocycles. The molecule has 1 heterocycles. The van der Waals surface area contributed by atoms with Gasteiger partial charge in [-0.3, -0.25) is 4.79 Å². The maximum absolute atomic E-state index is 14.5. The summed E-state index contributed by atoms with van der Waals surface area (Å²) in [5.74, 6) is -2.76. The highest BCUT2D eigenvalue weighted by Gasteiger charge is 2.64. The highest BCUT2D eigenvalue weighted by atomic mass is 16.2. The van der Waals surface area contributed by atoms with Gasteiger partial charge in [-0.1, -0.05) is 54.6 Å². The van der Waals surface area contributed by atoms with Crippen molar-refractivity contribution in [2.45, 2.75) is 5.79 Å². The molecule has 0 saturated carbocycles. The number of amides is 5. The first-order valence-corrected chi connectivity index (χ1v) is 11.4. The molecule has 0 bridgehead atoms. The standard InChI is InChI=1S/C27H28N6O3/c1-29(2)20-28-27(32(25(35)30(3)4)22-16-10-6-11-17-22)24(34)31(21-14-8-5-9-15-21)26(36)33(27)23-18-12-7-13-19-23/h5-20H,1-4H3/b28-20+. The molecule has 1 aliphatic rings. The third-order valence-corrected chi connectivity index (χ3v) is 5.58. The SMILES string of the molecule is CN(C)/C=N/C1(N(C(=O)N(C)C)c2ccccc2)C(=O)N(c2ccccc2)C(=O)N1c1ccccc1. The molecule has 1 aliphatic heterocycles. The fourth-order valence-corrected chi connectivity index (χ4v) is 4.00. The van der Waals surface area contributed by atoms with Gasteiger partial charge >= 0.3 is 23.8 Å². The molecule has 9 heteroatoms. The molecule has 36 heavy (non-hydrogen) atoms. The zero-order valence-corrected chi connectivity index (χ0v) is 20.6. The number of benzene rings is 3. The van der Waals surface area contributed by atoms with Crippen LogP contribution < -0.4 is 14.7 Å². The van der Waals surface area contributed by atoms with E-state index in [9.17, 15) is 14.4 Å². The number of urea groups is 2. The summed E-state index contributed by atoms with van der Waals surface area (Å²) >= 11 is 0. The van der Waals surface area contributed by atoms with Gasteiger partial charge < -0.3 is 9.80 Å². The van der Waals surface area contributed by atoms with E-state index in [2.05, 4.69) is 0 Å². The van der Waals surface area contributed by atoms with Crippen LogP contribution in [0.5, 0.6) is 0 Å². The molecule has 1 unspecified atom stereocenters. The minimum absolute atomic E-state index is 0.376. The second-order valence-corrected chi connectivity index (χ2v) is 8.62. The number of hydrogen-bond acceptors (Lipinski definition) is 4. The number of anilines is 3. The van der Waals surface area contributed by atoms with Gasteiger partial charge in [-0.15, -0.1) is 0 Å². The van der Waals surface area contributed by atoms with Crippen LogP contribution in [-0.4, -0.2) is 68.1 Å². The molecular formula is C27H28N6O3. The molecule has 5 amide bonds. The molecule has 9 nitrogen and oxygen atoms in total. The molecule has 1 saturated heterocycles. The van der Waals surface area contributed by atoms with Crippen LogP contribution in [-0.2, 0) is 4.79 Å².